The first-order valence-electron chi connectivity index (χ1n) is 7.86. The van der Waals surface area contributed by atoms with Crippen molar-refractivity contribution in [2.45, 2.75) is 24.3 Å². The summed E-state index contributed by atoms with van der Waals surface area (Å²) in [5.41, 5.74) is 1.67. The van der Waals surface area contributed by atoms with Crippen LogP contribution >= 0.6 is 11.8 Å². The van der Waals surface area contributed by atoms with Crippen LogP contribution in [0, 0.1) is 6.92 Å². The average molecular weight is 379 g/mol. The summed E-state index contributed by atoms with van der Waals surface area (Å²) < 4.78 is 27.6. The molecule has 0 aromatic heterocycles. The van der Waals surface area contributed by atoms with Crippen molar-refractivity contribution in [3.63, 3.8) is 0 Å². The minimum absolute atomic E-state index is 0.146. The molecule has 0 heterocycles. The lowest BCUT2D eigenvalue weighted by molar-refractivity contribution is -0.117. The molecule has 0 fully saturated rings. The Balaban J connectivity index is 2.16. The van der Waals surface area contributed by atoms with Gasteiger partial charge in [0, 0.05) is 5.69 Å². The van der Waals surface area contributed by atoms with Crippen LogP contribution in [0.25, 0.3) is 0 Å². The monoisotopic (exact) mass is 378 g/mol. The van der Waals surface area contributed by atoms with E-state index < -0.39 is 16.1 Å². The second kappa shape index (κ2) is 9.03. The molecule has 0 unspecified atom stereocenters. The van der Waals surface area contributed by atoms with E-state index in [1.807, 2.05) is 31.4 Å². The molecule has 1 atom stereocenters. The Bertz CT molecular complexity index is 808. The minimum atomic E-state index is -3.76. The number of sulfonamides is 1. The summed E-state index contributed by atoms with van der Waals surface area (Å²) in [5, 5.41) is 2.79. The molecular formula is C18H22N2O3S2. The lowest BCUT2D eigenvalue weighted by Crippen LogP contribution is -2.44. The molecule has 134 valence electrons. The van der Waals surface area contributed by atoms with Gasteiger partial charge in [-0.2, -0.15) is 16.5 Å². The molecule has 2 aromatic carbocycles. The van der Waals surface area contributed by atoms with Gasteiger partial charge in [0.1, 0.15) is 6.04 Å². The van der Waals surface area contributed by atoms with E-state index in [1.54, 1.807) is 36.0 Å². The van der Waals surface area contributed by atoms with E-state index in [0.29, 0.717) is 17.9 Å². The number of hydrogen-bond acceptors (Lipinski definition) is 4. The molecule has 0 radical (unpaired) electrons. The number of nitrogens with one attached hydrogen (secondary N) is 2. The van der Waals surface area contributed by atoms with Gasteiger partial charge in [0.05, 0.1) is 4.90 Å². The number of benzene rings is 2. The number of carbonyl (C=O) groups is 1. The second-order valence-electron chi connectivity index (χ2n) is 5.63. The summed E-state index contributed by atoms with van der Waals surface area (Å²) in [6.07, 6.45) is 2.33. The van der Waals surface area contributed by atoms with E-state index in [0.717, 1.165) is 5.56 Å². The van der Waals surface area contributed by atoms with Crippen LogP contribution in [0.4, 0.5) is 5.69 Å². The van der Waals surface area contributed by atoms with Crippen LogP contribution in [-0.2, 0) is 14.8 Å². The van der Waals surface area contributed by atoms with Crippen molar-refractivity contribution >= 4 is 33.4 Å². The first-order valence-corrected chi connectivity index (χ1v) is 10.7. The van der Waals surface area contributed by atoms with Gasteiger partial charge in [0.25, 0.3) is 0 Å². The smallest absolute Gasteiger partial charge is 0.242 e. The van der Waals surface area contributed by atoms with E-state index in [4.69, 9.17) is 0 Å². The van der Waals surface area contributed by atoms with E-state index in [9.17, 15) is 13.2 Å². The summed E-state index contributed by atoms with van der Waals surface area (Å²) >= 11 is 1.56. The first kappa shape index (κ1) is 19.5. The number of thioether (sulfide) groups is 1. The van der Waals surface area contributed by atoms with Crippen LogP contribution in [0.1, 0.15) is 12.0 Å². The third-order valence-electron chi connectivity index (χ3n) is 3.56. The Morgan fingerprint density at radius 3 is 2.48 bits per heavy atom. The number of aryl methyl sites for hydroxylation is 1. The highest BCUT2D eigenvalue weighted by Crippen LogP contribution is 2.14. The van der Waals surface area contributed by atoms with E-state index >= 15 is 0 Å². The van der Waals surface area contributed by atoms with Crippen molar-refractivity contribution in [1.29, 1.82) is 0 Å². The quantitative estimate of drug-likeness (QED) is 0.740. The number of amides is 1. The Kier molecular flexibility index (Phi) is 7.04. The van der Waals surface area contributed by atoms with Crippen LogP contribution in [0.2, 0.25) is 0 Å². The second-order valence-corrected chi connectivity index (χ2v) is 8.33. The molecule has 0 saturated carbocycles. The Labute approximate surface area is 153 Å². The summed E-state index contributed by atoms with van der Waals surface area (Å²) in [6.45, 7) is 1.93. The molecule has 2 N–H and O–H groups in total. The predicted octanol–water partition coefficient (Wildman–Crippen LogP) is 3.03. The first-order chi connectivity index (χ1) is 11.9. The normalized spacial score (nSPS) is 12.6. The zero-order valence-corrected chi connectivity index (χ0v) is 15.9. The molecular weight excluding hydrogens is 356 g/mol. The average Bonchev–Trinajstić information content (AvgIpc) is 2.59. The number of anilines is 1. The summed E-state index contributed by atoms with van der Waals surface area (Å²) in [6, 6.07) is 14.6. The fourth-order valence-electron chi connectivity index (χ4n) is 2.29. The van der Waals surface area contributed by atoms with Gasteiger partial charge in [-0.05, 0) is 55.2 Å². The number of hydrogen-bond donors (Lipinski definition) is 2. The fourth-order valence-corrected chi connectivity index (χ4v) is 4.01. The van der Waals surface area contributed by atoms with Crippen molar-refractivity contribution in [2.75, 3.05) is 17.3 Å². The van der Waals surface area contributed by atoms with Crippen molar-refractivity contribution in [3.05, 3.63) is 60.2 Å². The van der Waals surface area contributed by atoms with E-state index in [2.05, 4.69) is 10.0 Å². The predicted molar refractivity (Wildman–Crippen MR) is 103 cm³/mol. The molecule has 2 rings (SSSR count). The molecule has 5 nitrogen and oxygen atoms in total. The highest BCUT2D eigenvalue weighted by molar-refractivity contribution is 7.98. The van der Waals surface area contributed by atoms with E-state index in [1.165, 1.54) is 12.1 Å². The zero-order chi connectivity index (χ0) is 18.3. The highest BCUT2D eigenvalue weighted by Gasteiger charge is 2.25. The van der Waals surface area contributed by atoms with Gasteiger partial charge in [-0.3, -0.25) is 4.79 Å². The fraction of sp³-hybridized carbons (Fsp3) is 0.278. The van der Waals surface area contributed by atoms with Gasteiger partial charge in [-0.15, -0.1) is 0 Å². The molecule has 0 aliphatic carbocycles. The summed E-state index contributed by atoms with van der Waals surface area (Å²) in [7, 11) is -3.76. The third-order valence-corrected chi connectivity index (χ3v) is 5.70. The standard InChI is InChI=1S/C18H22N2O3S2/c1-14-7-6-8-15(13-14)19-18(21)17(11-12-24-2)20-25(22,23)16-9-4-3-5-10-16/h3-10,13,17,20H,11-12H2,1-2H3,(H,19,21)/t17-/m0/s1. The molecule has 25 heavy (non-hydrogen) atoms. The van der Waals surface area contributed by atoms with Crippen molar-refractivity contribution in [3.8, 4) is 0 Å². The maximum absolute atomic E-state index is 12.6. The molecule has 0 bridgehead atoms. The van der Waals surface area contributed by atoms with Crippen LogP contribution in [-0.4, -0.2) is 32.4 Å². The van der Waals surface area contributed by atoms with Gasteiger partial charge in [0.15, 0.2) is 0 Å². The van der Waals surface area contributed by atoms with Crippen LogP contribution in [0.15, 0.2) is 59.5 Å². The molecule has 1 amide bonds. The minimum Gasteiger partial charge on any atom is -0.325 e. The number of rotatable bonds is 8. The van der Waals surface area contributed by atoms with Crippen molar-refractivity contribution in [2.24, 2.45) is 0 Å². The molecule has 2 aromatic rings. The molecule has 7 heteroatoms. The lowest BCUT2D eigenvalue weighted by Gasteiger charge is -2.18. The Hall–Kier alpha value is -1.83. The lowest BCUT2D eigenvalue weighted by atomic mass is 10.2. The van der Waals surface area contributed by atoms with Crippen molar-refractivity contribution < 1.29 is 13.2 Å². The van der Waals surface area contributed by atoms with Gasteiger partial charge in [0.2, 0.25) is 15.9 Å². The maximum Gasteiger partial charge on any atom is 0.242 e. The third kappa shape index (κ3) is 5.88. The zero-order valence-electron chi connectivity index (χ0n) is 14.2. The summed E-state index contributed by atoms with van der Waals surface area (Å²) in [4.78, 5) is 12.7. The largest absolute Gasteiger partial charge is 0.325 e. The topological polar surface area (TPSA) is 75.3 Å². The van der Waals surface area contributed by atoms with Crippen molar-refractivity contribution in [1.82, 2.24) is 4.72 Å². The van der Waals surface area contributed by atoms with Crippen LogP contribution < -0.4 is 10.0 Å². The van der Waals surface area contributed by atoms with Gasteiger partial charge < -0.3 is 5.32 Å². The SMILES string of the molecule is CSCC[C@H](NS(=O)(=O)c1ccccc1)C(=O)Nc1cccc(C)c1. The van der Waals surface area contributed by atoms with E-state index in [-0.39, 0.29) is 10.8 Å². The molecule has 0 aliphatic rings. The van der Waals surface area contributed by atoms with Gasteiger partial charge in [-0.25, -0.2) is 8.42 Å². The number of carbonyl (C=O) groups excluding carboxylic acids is 1. The Morgan fingerprint density at radius 1 is 1.12 bits per heavy atom. The van der Waals surface area contributed by atoms with Gasteiger partial charge >= 0.3 is 0 Å². The molecule has 0 aliphatic heterocycles. The molecule has 0 spiro atoms. The van der Waals surface area contributed by atoms with Crippen LogP contribution in [0.5, 0.6) is 0 Å². The summed E-state index contributed by atoms with van der Waals surface area (Å²) in [5.74, 6) is 0.308. The van der Waals surface area contributed by atoms with Crippen LogP contribution in [0.3, 0.4) is 0 Å². The Morgan fingerprint density at radius 2 is 1.84 bits per heavy atom. The highest BCUT2D eigenvalue weighted by atomic mass is 32.2. The van der Waals surface area contributed by atoms with Gasteiger partial charge in [-0.1, -0.05) is 30.3 Å². The maximum atomic E-state index is 12.6. The molecule has 0 saturated heterocycles.